The number of halogens is 1. The molecule has 124 valence electrons. The summed E-state index contributed by atoms with van der Waals surface area (Å²) >= 11 is 0. The summed E-state index contributed by atoms with van der Waals surface area (Å²) in [4.78, 5) is 6.98. The number of hydrogen-bond acceptors (Lipinski definition) is 4. The standard InChI is InChI=1S/C18H23N3O.ClH/c1-13-8-16(22-2)9-15(20-13)10-21-11-17(18(19)12-21)14-6-4-3-5-7-14;/h3-9,17-18H,10-12,19H2,1-2H3;1H/t17-,18+;/m0./s1. The van der Waals surface area contributed by atoms with Gasteiger partial charge in [0.05, 0.1) is 12.8 Å². The van der Waals surface area contributed by atoms with Crippen LogP contribution in [0.3, 0.4) is 0 Å². The van der Waals surface area contributed by atoms with E-state index in [2.05, 4.69) is 34.1 Å². The molecule has 1 aliphatic rings. The molecular formula is C18H24ClN3O. The largest absolute Gasteiger partial charge is 0.497 e. The third-order valence-electron chi connectivity index (χ3n) is 4.27. The van der Waals surface area contributed by atoms with Crippen LogP contribution in [0.15, 0.2) is 42.5 Å². The van der Waals surface area contributed by atoms with Crippen LogP contribution < -0.4 is 10.5 Å². The minimum absolute atomic E-state index is 0. The molecule has 1 saturated heterocycles. The Labute approximate surface area is 144 Å². The number of rotatable bonds is 4. The molecule has 1 fully saturated rings. The zero-order valence-electron chi connectivity index (χ0n) is 13.6. The van der Waals surface area contributed by atoms with Gasteiger partial charge in [0.25, 0.3) is 0 Å². The smallest absolute Gasteiger partial charge is 0.122 e. The summed E-state index contributed by atoms with van der Waals surface area (Å²) in [5.41, 5.74) is 9.70. The highest BCUT2D eigenvalue weighted by atomic mass is 35.5. The quantitative estimate of drug-likeness (QED) is 0.934. The molecule has 0 aliphatic carbocycles. The molecule has 2 atom stereocenters. The number of likely N-dealkylation sites (tertiary alicyclic amines) is 1. The maximum Gasteiger partial charge on any atom is 0.122 e. The third kappa shape index (κ3) is 4.22. The number of benzene rings is 1. The summed E-state index contributed by atoms with van der Waals surface area (Å²) < 4.78 is 5.33. The molecule has 0 unspecified atom stereocenters. The predicted octanol–water partition coefficient (Wildman–Crippen LogP) is 2.75. The number of nitrogens with two attached hydrogens (primary N) is 1. The summed E-state index contributed by atoms with van der Waals surface area (Å²) in [7, 11) is 1.69. The fraction of sp³-hybridized carbons (Fsp3) is 0.389. The molecule has 2 N–H and O–H groups in total. The second-order valence-electron chi connectivity index (χ2n) is 6.01. The highest BCUT2D eigenvalue weighted by molar-refractivity contribution is 5.85. The zero-order valence-corrected chi connectivity index (χ0v) is 14.4. The van der Waals surface area contributed by atoms with Crippen molar-refractivity contribution in [1.82, 2.24) is 9.88 Å². The van der Waals surface area contributed by atoms with E-state index >= 15 is 0 Å². The van der Waals surface area contributed by atoms with Crippen LogP contribution in [-0.4, -0.2) is 36.1 Å². The minimum Gasteiger partial charge on any atom is -0.497 e. The van der Waals surface area contributed by atoms with Crippen molar-refractivity contribution in [3.05, 3.63) is 59.4 Å². The van der Waals surface area contributed by atoms with Crippen molar-refractivity contribution >= 4 is 12.4 Å². The molecular weight excluding hydrogens is 310 g/mol. The second kappa shape index (κ2) is 7.77. The van der Waals surface area contributed by atoms with Crippen LogP contribution in [-0.2, 0) is 6.54 Å². The van der Waals surface area contributed by atoms with Crippen LogP contribution in [0.4, 0.5) is 0 Å². The van der Waals surface area contributed by atoms with Crippen LogP contribution in [0.25, 0.3) is 0 Å². The van der Waals surface area contributed by atoms with Crippen LogP contribution in [0.5, 0.6) is 5.75 Å². The lowest BCUT2D eigenvalue weighted by atomic mass is 9.95. The van der Waals surface area contributed by atoms with Crippen molar-refractivity contribution in [3.8, 4) is 5.75 Å². The number of aromatic nitrogens is 1. The second-order valence-corrected chi connectivity index (χ2v) is 6.01. The van der Waals surface area contributed by atoms with Crippen molar-refractivity contribution in [2.75, 3.05) is 20.2 Å². The Bertz CT molecular complexity index is 635. The fourth-order valence-corrected chi connectivity index (χ4v) is 3.23. The van der Waals surface area contributed by atoms with Gasteiger partial charge in [-0.05, 0) is 12.5 Å². The van der Waals surface area contributed by atoms with E-state index in [0.717, 1.165) is 36.8 Å². The zero-order chi connectivity index (χ0) is 15.5. The van der Waals surface area contributed by atoms with Crippen molar-refractivity contribution in [2.24, 2.45) is 5.73 Å². The Morgan fingerprint density at radius 3 is 2.65 bits per heavy atom. The van der Waals surface area contributed by atoms with E-state index in [1.54, 1.807) is 7.11 Å². The van der Waals surface area contributed by atoms with Crippen molar-refractivity contribution < 1.29 is 4.74 Å². The van der Waals surface area contributed by atoms with Gasteiger partial charge in [-0.15, -0.1) is 12.4 Å². The Kier molecular flexibility index (Phi) is 5.99. The van der Waals surface area contributed by atoms with E-state index in [1.807, 2.05) is 25.1 Å². The van der Waals surface area contributed by atoms with E-state index in [0.29, 0.717) is 5.92 Å². The number of ether oxygens (including phenoxy) is 1. The molecule has 1 aromatic carbocycles. The number of nitrogens with zero attached hydrogens (tertiary/aromatic N) is 2. The molecule has 3 rings (SSSR count). The summed E-state index contributed by atoms with van der Waals surface area (Å²) in [6.07, 6.45) is 0. The van der Waals surface area contributed by atoms with Gasteiger partial charge >= 0.3 is 0 Å². The maximum atomic E-state index is 6.35. The molecule has 2 heterocycles. The van der Waals surface area contributed by atoms with Gasteiger partial charge in [0, 0.05) is 49.4 Å². The van der Waals surface area contributed by atoms with Gasteiger partial charge in [0.1, 0.15) is 5.75 Å². The Hall–Kier alpha value is -1.62. The normalized spacial score (nSPS) is 21.0. The van der Waals surface area contributed by atoms with Crippen LogP contribution in [0.1, 0.15) is 22.9 Å². The minimum atomic E-state index is 0. The van der Waals surface area contributed by atoms with Gasteiger partial charge in [-0.3, -0.25) is 9.88 Å². The molecule has 1 aromatic heterocycles. The lowest BCUT2D eigenvalue weighted by Crippen LogP contribution is -2.28. The van der Waals surface area contributed by atoms with E-state index < -0.39 is 0 Å². The highest BCUT2D eigenvalue weighted by Gasteiger charge is 2.31. The topological polar surface area (TPSA) is 51.4 Å². The van der Waals surface area contributed by atoms with Gasteiger partial charge in [-0.2, -0.15) is 0 Å². The Balaban J connectivity index is 0.00000192. The summed E-state index contributed by atoms with van der Waals surface area (Å²) in [5.74, 6) is 1.26. The molecule has 0 bridgehead atoms. The number of hydrogen-bond donors (Lipinski definition) is 1. The molecule has 0 spiro atoms. The van der Waals surface area contributed by atoms with Gasteiger partial charge in [0.2, 0.25) is 0 Å². The van der Waals surface area contributed by atoms with Crippen molar-refractivity contribution in [2.45, 2.75) is 25.4 Å². The lowest BCUT2D eigenvalue weighted by Gasteiger charge is -2.16. The first-order chi connectivity index (χ1) is 10.7. The van der Waals surface area contributed by atoms with E-state index in [4.69, 9.17) is 10.5 Å². The monoisotopic (exact) mass is 333 g/mol. The molecule has 0 amide bonds. The van der Waals surface area contributed by atoms with Gasteiger partial charge < -0.3 is 10.5 Å². The predicted molar refractivity (Wildman–Crippen MR) is 95.2 cm³/mol. The Morgan fingerprint density at radius 1 is 1.22 bits per heavy atom. The van der Waals surface area contributed by atoms with E-state index in [9.17, 15) is 0 Å². The maximum absolute atomic E-state index is 6.35. The molecule has 0 saturated carbocycles. The molecule has 5 heteroatoms. The van der Waals surface area contributed by atoms with E-state index in [1.165, 1.54) is 5.56 Å². The third-order valence-corrected chi connectivity index (χ3v) is 4.27. The summed E-state index contributed by atoms with van der Waals surface area (Å²) in [5, 5.41) is 0. The first-order valence-corrected chi connectivity index (χ1v) is 7.70. The summed E-state index contributed by atoms with van der Waals surface area (Å²) in [6.45, 7) is 4.68. The number of pyridine rings is 1. The highest BCUT2D eigenvalue weighted by Crippen LogP contribution is 2.27. The molecule has 23 heavy (non-hydrogen) atoms. The van der Waals surface area contributed by atoms with Crippen molar-refractivity contribution in [3.63, 3.8) is 0 Å². The first kappa shape index (κ1) is 17.7. The molecule has 1 aliphatic heterocycles. The van der Waals surface area contributed by atoms with Crippen LogP contribution in [0.2, 0.25) is 0 Å². The average Bonchev–Trinajstić information content (AvgIpc) is 2.88. The van der Waals surface area contributed by atoms with E-state index in [-0.39, 0.29) is 18.4 Å². The van der Waals surface area contributed by atoms with Crippen molar-refractivity contribution in [1.29, 1.82) is 0 Å². The molecule has 4 nitrogen and oxygen atoms in total. The fourth-order valence-electron chi connectivity index (χ4n) is 3.23. The summed E-state index contributed by atoms with van der Waals surface area (Å²) in [6, 6.07) is 14.7. The molecule has 0 radical (unpaired) electrons. The Morgan fingerprint density at radius 2 is 1.96 bits per heavy atom. The first-order valence-electron chi connectivity index (χ1n) is 7.70. The van der Waals surface area contributed by atoms with Gasteiger partial charge in [-0.1, -0.05) is 30.3 Å². The SMILES string of the molecule is COc1cc(C)nc(CN2C[C@@H](N)[C@H](c3ccccc3)C2)c1.Cl. The number of aryl methyl sites for hydroxylation is 1. The number of methoxy groups -OCH3 is 1. The van der Waals surface area contributed by atoms with Crippen LogP contribution in [0, 0.1) is 6.92 Å². The van der Waals surface area contributed by atoms with Gasteiger partial charge in [0.15, 0.2) is 0 Å². The average molecular weight is 334 g/mol. The van der Waals surface area contributed by atoms with Gasteiger partial charge in [-0.25, -0.2) is 0 Å². The lowest BCUT2D eigenvalue weighted by molar-refractivity contribution is 0.318. The molecule has 2 aromatic rings. The van der Waals surface area contributed by atoms with Crippen LogP contribution >= 0.6 is 12.4 Å².